The van der Waals surface area contributed by atoms with Gasteiger partial charge in [0.2, 0.25) is 0 Å². The first-order valence-corrected chi connectivity index (χ1v) is 9.50. The first kappa shape index (κ1) is 18.0. The van der Waals surface area contributed by atoms with E-state index in [0.29, 0.717) is 27.4 Å². The zero-order chi connectivity index (χ0) is 18.1. The Morgan fingerprint density at radius 2 is 2.28 bits per heavy atom. The third-order valence-corrected chi connectivity index (χ3v) is 5.42. The second-order valence-corrected chi connectivity index (χ2v) is 7.08. The van der Waals surface area contributed by atoms with Gasteiger partial charge in [0.15, 0.2) is 10.8 Å². The van der Waals surface area contributed by atoms with E-state index in [0.717, 1.165) is 6.07 Å². The van der Waals surface area contributed by atoms with Crippen molar-refractivity contribution in [2.75, 3.05) is 12.4 Å². The lowest BCUT2D eigenvalue weighted by Crippen LogP contribution is -2.35. The quantitative estimate of drug-likeness (QED) is 0.721. The van der Waals surface area contributed by atoms with Crippen LogP contribution in [0.4, 0.5) is 4.39 Å². The number of rotatable bonds is 4. The first-order valence-electron chi connectivity index (χ1n) is 7.12. The summed E-state index contributed by atoms with van der Waals surface area (Å²) in [5.41, 5.74) is 1.06. The Morgan fingerprint density at radius 1 is 1.52 bits per heavy atom. The fraction of sp³-hybridized carbons (Fsp3) is 0.188. The maximum Gasteiger partial charge on any atom is 0.335 e. The van der Waals surface area contributed by atoms with Crippen molar-refractivity contribution in [2.45, 2.75) is 6.04 Å². The van der Waals surface area contributed by atoms with E-state index in [2.05, 4.69) is 25.9 Å². The van der Waals surface area contributed by atoms with Crippen LogP contribution in [0.15, 0.2) is 46.0 Å². The summed E-state index contributed by atoms with van der Waals surface area (Å²) in [4.78, 5) is 22.5. The molecule has 25 heavy (non-hydrogen) atoms. The summed E-state index contributed by atoms with van der Waals surface area (Å²) in [5.74, 6) is -1.05. The van der Waals surface area contributed by atoms with E-state index in [9.17, 15) is 14.3 Å². The van der Waals surface area contributed by atoms with Gasteiger partial charge in [-0.25, -0.2) is 14.2 Å². The summed E-state index contributed by atoms with van der Waals surface area (Å²) in [6.45, 7) is 0. The van der Waals surface area contributed by atoms with E-state index < -0.39 is 17.8 Å². The molecule has 1 aromatic carbocycles. The summed E-state index contributed by atoms with van der Waals surface area (Å²) < 4.78 is 13.4. The number of benzene rings is 1. The number of alkyl halides is 1. The monoisotopic (exact) mass is 443 g/mol. The highest BCUT2D eigenvalue weighted by atomic mass is 79.9. The first-order chi connectivity index (χ1) is 11.9. The Balaban J connectivity index is 2.23. The smallest absolute Gasteiger partial charge is 0.335 e. The minimum absolute atomic E-state index is 0.0909. The number of amidine groups is 1. The molecule has 5 nitrogen and oxygen atoms in total. The number of aliphatic carboxylic acids is 1. The van der Waals surface area contributed by atoms with Crippen LogP contribution in [0.5, 0.6) is 0 Å². The van der Waals surface area contributed by atoms with Crippen molar-refractivity contribution in [3.8, 4) is 0 Å². The second-order valence-electron chi connectivity index (χ2n) is 5.22. The third-order valence-electron chi connectivity index (χ3n) is 3.80. The number of thiazole rings is 1. The molecular formula is C16H12BrClFN3O2S. The molecule has 0 aliphatic carbocycles. The number of aromatic nitrogens is 1. The maximum atomic E-state index is 13.4. The van der Waals surface area contributed by atoms with Crippen molar-refractivity contribution in [2.24, 2.45) is 4.99 Å². The molecule has 0 spiro atoms. The number of nitrogens with zero attached hydrogens (tertiary/aromatic N) is 3. The van der Waals surface area contributed by atoms with E-state index in [4.69, 9.17) is 11.6 Å². The molecular weight excluding hydrogens is 433 g/mol. The number of halogens is 3. The van der Waals surface area contributed by atoms with Gasteiger partial charge in [0, 0.05) is 40.2 Å². The molecule has 2 aromatic rings. The second kappa shape index (κ2) is 7.23. The minimum Gasteiger partial charge on any atom is -0.478 e. The summed E-state index contributed by atoms with van der Waals surface area (Å²) in [7, 11) is 1.74. The molecule has 2 heterocycles. The molecule has 0 saturated carbocycles. The van der Waals surface area contributed by atoms with Gasteiger partial charge in [-0.2, -0.15) is 0 Å². The lowest BCUT2D eigenvalue weighted by Gasteiger charge is -2.32. The molecule has 0 radical (unpaired) electrons. The molecule has 0 bridgehead atoms. The molecule has 3 rings (SSSR count). The van der Waals surface area contributed by atoms with E-state index in [1.165, 1.54) is 23.5 Å². The van der Waals surface area contributed by atoms with Crippen LogP contribution in [-0.2, 0) is 4.79 Å². The van der Waals surface area contributed by atoms with Crippen LogP contribution in [0.25, 0.3) is 0 Å². The zero-order valence-corrected chi connectivity index (χ0v) is 16.1. The number of allylic oxidation sites excluding steroid dienone is 1. The molecule has 1 N–H and O–H groups in total. The summed E-state index contributed by atoms with van der Waals surface area (Å²) in [6, 6.07) is 3.01. The van der Waals surface area contributed by atoms with Crippen molar-refractivity contribution >= 4 is 50.7 Å². The largest absolute Gasteiger partial charge is 0.478 e. The van der Waals surface area contributed by atoms with Gasteiger partial charge in [0.05, 0.1) is 5.57 Å². The molecule has 1 aliphatic heterocycles. The standard InChI is InChI=1S/C16H12BrClFN3O2S/c1-22-11(7-17)12(16(23)24)13(9-3-2-8(19)6-10(9)18)21-14(22)15-20-4-5-25-15/h2-6,13H,7H2,1H3,(H,23,24). The van der Waals surface area contributed by atoms with E-state index >= 15 is 0 Å². The Morgan fingerprint density at radius 3 is 2.84 bits per heavy atom. The summed E-state index contributed by atoms with van der Waals surface area (Å²) in [5, 5.41) is 12.7. The van der Waals surface area contributed by atoms with Crippen LogP contribution < -0.4 is 0 Å². The highest BCUT2D eigenvalue weighted by Crippen LogP contribution is 2.38. The molecule has 1 atom stereocenters. The van der Waals surface area contributed by atoms with Crippen molar-refractivity contribution in [3.63, 3.8) is 0 Å². The number of carboxylic acids is 1. The van der Waals surface area contributed by atoms with Crippen LogP contribution in [0, 0.1) is 5.82 Å². The highest BCUT2D eigenvalue weighted by molar-refractivity contribution is 9.09. The zero-order valence-electron chi connectivity index (χ0n) is 12.9. The molecule has 0 amide bonds. The lowest BCUT2D eigenvalue weighted by atomic mass is 9.95. The average molecular weight is 445 g/mol. The van der Waals surface area contributed by atoms with Crippen molar-refractivity contribution in [3.05, 3.63) is 62.5 Å². The van der Waals surface area contributed by atoms with Gasteiger partial charge in [-0.05, 0) is 12.1 Å². The maximum absolute atomic E-state index is 13.4. The fourth-order valence-corrected chi connectivity index (χ4v) is 4.24. The predicted octanol–water partition coefficient (Wildman–Crippen LogP) is 4.10. The number of carbonyl (C=O) groups is 1. The van der Waals surface area contributed by atoms with Crippen LogP contribution >= 0.6 is 38.9 Å². The van der Waals surface area contributed by atoms with Crippen molar-refractivity contribution in [1.29, 1.82) is 0 Å². The molecule has 1 aliphatic rings. The lowest BCUT2D eigenvalue weighted by molar-refractivity contribution is -0.133. The topological polar surface area (TPSA) is 65.8 Å². The van der Waals surface area contributed by atoms with Gasteiger partial charge in [-0.1, -0.05) is 33.6 Å². The summed E-state index contributed by atoms with van der Waals surface area (Å²) >= 11 is 10.9. The molecule has 1 aromatic heterocycles. The van der Waals surface area contributed by atoms with Gasteiger partial charge >= 0.3 is 5.97 Å². The SMILES string of the molecule is CN1C(c2nccs2)=NC(c2ccc(F)cc2Cl)C(C(=O)O)=C1CBr. The van der Waals surface area contributed by atoms with Gasteiger partial charge in [0.1, 0.15) is 11.9 Å². The Bertz CT molecular complexity index is 886. The number of aliphatic imine (C=N–C) groups is 1. The molecule has 130 valence electrons. The number of hydrogen-bond acceptors (Lipinski definition) is 5. The molecule has 0 fully saturated rings. The van der Waals surface area contributed by atoms with E-state index in [-0.39, 0.29) is 10.6 Å². The summed E-state index contributed by atoms with van der Waals surface area (Å²) in [6.07, 6.45) is 1.65. The highest BCUT2D eigenvalue weighted by Gasteiger charge is 2.35. The van der Waals surface area contributed by atoms with Gasteiger partial charge in [0.25, 0.3) is 0 Å². The van der Waals surface area contributed by atoms with E-state index in [1.807, 2.05) is 5.38 Å². The van der Waals surface area contributed by atoms with E-state index in [1.54, 1.807) is 18.1 Å². The van der Waals surface area contributed by atoms with Crippen LogP contribution in [0.2, 0.25) is 5.02 Å². The van der Waals surface area contributed by atoms with Gasteiger partial charge in [-0.3, -0.25) is 4.99 Å². The molecule has 9 heteroatoms. The Hall–Kier alpha value is -1.77. The predicted molar refractivity (Wildman–Crippen MR) is 99.0 cm³/mol. The van der Waals surface area contributed by atoms with Crippen LogP contribution in [0.3, 0.4) is 0 Å². The van der Waals surface area contributed by atoms with Crippen molar-refractivity contribution in [1.82, 2.24) is 9.88 Å². The Kier molecular flexibility index (Phi) is 5.21. The van der Waals surface area contributed by atoms with Gasteiger partial charge in [-0.15, -0.1) is 11.3 Å². The number of hydrogen-bond donors (Lipinski definition) is 1. The molecule has 0 saturated heterocycles. The third kappa shape index (κ3) is 3.33. The van der Waals surface area contributed by atoms with Crippen molar-refractivity contribution < 1.29 is 14.3 Å². The van der Waals surface area contributed by atoms with Gasteiger partial charge < -0.3 is 10.0 Å². The van der Waals surface area contributed by atoms with Crippen LogP contribution in [0.1, 0.15) is 16.6 Å². The van der Waals surface area contributed by atoms with Crippen LogP contribution in [-0.4, -0.2) is 39.2 Å². The number of carboxylic acid groups (broad SMARTS) is 1. The normalized spacial score (nSPS) is 17.7. The Labute approximate surface area is 160 Å². The average Bonchev–Trinajstić information content (AvgIpc) is 3.08. The fourth-order valence-electron chi connectivity index (χ4n) is 2.62. The minimum atomic E-state index is -1.10. The molecule has 1 unspecified atom stereocenters.